The van der Waals surface area contributed by atoms with Crippen LogP contribution in [0.2, 0.25) is 0 Å². The highest BCUT2D eigenvalue weighted by Crippen LogP contribution is 2.43. The molecular formula is C65H110NO8P. The second kappa shape index (κ2) is 59.7. The maximum atomic E-state index is 12.7. The Bertz CT molecular complexity index is 1640. The number of nitrogens with two attached hydrogens (primary N) is 1. The summed E-state index contributed by atoms with van der Waals surface area (Å²) in [6.07, 6.45) is 82.5. The van der Waals surface area contributed by atoms with Crippen molar-refractivity contribution in [1.29, 1.82) is 0 Å². The lowest BCUT2D eigenvalue weighted by molar-refractivity contribution is -0.161. The number of rotatable bonds is 55. The van der Waals surface area contributed by atoms with Crippen molar-refractivity contribution in [2.45, 2.75) is 251 Å². The molecule has 0 saturated carbocycles. The van der Waals surface area contributed by atoms with E-state index in [1.165, 1.54) is 103 Å². The molecule has 3 N–H and O–H groups in total. The zero-order chi connectivity index (χ0) is 54.5. The standard InChI is InChI=1S/C65H110NO8P/c1-3-5-7-9-11-13-15-17-19-21-23-24-25-26-27-28-29-30-31-32-33-34-35-36-37-38-40-42-44-46-48-50-52-54-56-58-65(68)74-63(62-73-75(69,70)72-60-59-66)61-71-64(67)57-55-53-51-49-47-45-43-41-39-22-20-18-16-14-12-10-8-6-4-2/h5,7,11,13,17,19,23-24,26-27,29-30,32-33,35-36,38,40,44,46,63H,3-4,6,8-10,12,14-16,18,20-22,25,28,31,34,37,39,41-43,45,47-62,66H2,1-2H3,(H,69,70)/b7-5-,13-11-,19-17-,24-23-,27-26-,30-29-,33-32-,36-35-,40-38-,46-44-. The van der Waals surface area contributed by atoms with Gasteiger partial charge in [-0.2, -0.15) is 0 Å². The number of carbonyl (C=O) groups excluding carboxylic acids is 2. The van der Waals surface area contributed by atoms with Gasteiger partial charge in [-0.05, 0) is 89.9 Å². The van der Waals surface area contributed by atoms with Gasteiger partial charge in [-0.15, -0.1) is 0 Å². The number of phosphoric acid groups is 1. The van der Waals surface area contributed by atoms with Crippen LogP contribution in [-0.2, 0) is 32.7 Å². The predicted molar refractivity (Wildman–Crippen MR) is 321 cm³/mol. The molecule has 0 fully saturated rings. The fraction of sp³-hybridized carbons (Fsp3) is 0.662. The van der Waals surface area contributed by atoms with E-state index in [1.54, 1.807) is 0 Å². The Morgan fingerprint density at radius 2 is 0.733 bits per heavy atom. The molecule has 0 aromatic rings. The van der Waals surface area contributed by atoms with Crippen molar-refractivity contribution in [3.05, 3.63) is 122 Å². The highest BCUT2D eigenvalue weighted by Gasteiger charge is 2.26. The zero-order valence-corrected chi connectivity index (χ0v) is 48.6. The fourth-order valence-electron chi connectivity index (χ4n) is 7.96. The highest BCUT2D eigenvalue weighted by molar-refractivity contribution is 7.47. The molecule has 0 amide bonds. The maximum absolute atomic E-state index is 12.7. The first-order chi connectivity index (χ1) is 36.8. The van der Waals surface area contributed by atoms with Crippen LogP contribution in [0.25, 0.3) is 0 Å². The van der Waals surface area contributed by atoms with E-state index in [1.807, 2.05) is 0 Å². The van der Waals surface area contributed by atoms with Crippen LogP contribution < -0.4 is 5.73 Å². The van der Waals surface area contributed by atoms with Crippen molar-refractivity contribution >= 4 is 19.8 Å². The predicted octanol–water partition coefficient (Wildman–Crippen LogP) is 19.2. The van der Waals surface area contributed by atoms with Crippen LogP contribution in [0, 0.1) is 0 Å². The molecule has 0 aliphatic heterocycles. The molecule has 9 nitrogen and oxygen atoms in total. The molecule has 0 heterocycles. The van der Waals surface area contributed by atoms with Crippen molar-refractivity contribution in [2.24, 2.45) is 5.73 Å². The average molecular weight is 1060 g/mol. The van der Waals surface area contributed by atoms with Crippen LogP contribution in [0.1, 0.15) is 245 Å². The highest BCUT2D eigenvalue weighted by atomic mass is 31.2. The summed E-state index contributed by atoms with van der Waals surface area (Å²) in [5.41, 5.74) is 5.38. The van der Waals surface area contributed by atoms with Gasteiger partial charge in [0, 0.05) is 19.4 Å². The first kappa shape index (κ1) is 71.4. The molecule has 0 saturated heterocycles. The first-order valence-corrected chi connectivity index (χ1v) is 31.5. The summed E-state index contributed by atoms with van der Waals surface area (Å²) < 4.78 is 33.0. The van der Waals surface area contributed by atoms with Crippen LogP contribution in [0.15, 0.2) is 122 Å². The molecule has 0 aromatic heterocycles. The molecule has 428 valence electrons. The van der Waals surface area contributed by atoms with Crippen molar-refractivity contribution < 1.29 is 37.6 Å². The lowest BCUT2D eigenvalue weighted by Gasteiger charge is -2.19. The van der Waals surface area contributed by atoms with Gasteiger partial charge in [0.25, 0.3) is 0 Å². The largest absolute Gasteiger partial charge is 0.472 e. The Labute approximate surface area is 460 Å². The molecular weight excluding hydrogens is 954 g/mol. The second-order valence-corrected chi connectivity index (χ2v) is 20.9. The van der Waals surface area contributed by atoms with Crippen LogP contribution in [0.5, 0.6) is 0 Å². The van der Waals surface area contributed by atoms with E-state index in [-0.39, 0.29) is 38.6 Å². The summed E-state index contributed by atoms with van der Waals surface area (Å²) in [6, 6.07) is 0. The molecule has 0 aliphatic carbocycles. The smallest absolute Gasteiger partial charge is 0.462 e. The third-order valence-corrected chi connectivity index (χ3v) is 13.3. The Hall–Kier alpha value is -3.59. The number of hydrogen-bond donors (Lipinski definition) is 2. The van der Waals surface area contributed by atoms with Crippen molar-refractivity contribution in [2.75, 3.05) is 26.4 Å². The molecule has 0 radical (unpaired) electrons. The van der Waals surface area contributed by atoms with Gasteiger partial charge in [-0.25, -0.2) is 4.57 Å². The topological polar surface area (TPSA) is 134 Å². The molecule has 2 atom stereocenters. The zero-order valence-electron chi connectivity index (χ0n) is 47.7. The van der Waals surface area contributed by atoms with E-state index in [2.05, 4.69) is 135 Å². The molecule has 0 aromatic carbocycles. The second-order valence-electron chi connectivity index (χ2n) is 19.5. The summed E-state index contributed by atoms with van der Waals surface area (Å²) >= 11 is 0. The molecule has 0 aliphatic rings. The normalized spacial score (nSPS) is 13.9. The third-order valence-electron chi connectivity index (χ3n) is 12.4. The SMILES string of the molecule is CC/C=C\C/C=C\C/C=C\C/C=C\C/C=C\C/C=C\C/C=C\C/C=C\C/C=C\C/C=C\CCCCCCC(=O)OC(COC(=O)CCCCCCCCCCCCCCCCCCCCC)COP(=O)(O)OCCN. The van der Waals surface area contributed by atoms with E-state index >= 15 is 0 Å². The lowest BCUT2D eigenvalue weighted by Crippen LogP contribution is -2.29. The van der Waals surface area contributed by atoms with Crippen LogP contribution in [0.3, 0.4) is 0 Å². The van der Waals surface area contributed by atoms with Gasteiger partial charge >= 0.3 is 19.8 Å². The summed E-state index contributed by atoms with van der Waals surface area (Å²) in [6.45, 7) is 3.61. The van der Waals surface area contributed by atoms with Crippen molar-refractivity contribution in [3.63, 3.8) is 0 Å². The number of phosphoric ester groups is 1. The van der Waals surface area contributed by atoms with Gasteiger partial charge in [-0.3, -0.25) is 18.6 Å². The average Bonchev–Trinajstić information content (AvgIpc) is 3.40. The Balaban J connectivity index is 4.07. The van der Waals surface area contributed by atoms with Gasteiger partial charge in [-0.1, -0.05) is 264 Å². The fourth-order valence-corrected chi connectivity index (χ4v) is 8.72. The lowest BCUT2D eigenvalue weighted by atomic mass is 10.0. The quantitative estimate of drug-likeness (QED) is 0.0264. The third kappa shape index (κ3) is 59.5. The van der Waals surface area contributed by atoms with Gasteiger partial charge < -0.3 is 20.1 Å². The van der Waals surface area contributed by atoms with E-state index in [4.69, 9.17) is 24.3 Å². The number of hydrogen-bond acceptors (Lipinski definition) is 8. The van der Waals surface area contributed by atoms with Crippen molar-refractivity contribution in [1.82, 2.24) is 0 Å². The number of esters is 2. The number of ether oxygens (including phenoxy) is 2. The minimum Gasteiger partial charge on any atom is -0.462 e. The van der Waals surface area contributed by atoms with Gasteiger partial charge in [0.15, 0.2) is 6.10 Å². The summed E-state index contributed by atoms with van der Waals surface area (Å²) in [5.74, 6) is -0.858. The van der Waals surface area contributed by atoms with Gasteiger partial charge in [0.05, 0.1) is 13.2 Å². The first-order valence-electron chi connectivity index (χ1n) is 30.0. The minimum absolute atomic E-state index is 0.0439. The van der Waals surface area contributed by atoms with Gasteiger partial charge in [0.1, 0.15) is 6.61 Å². The maximum Gasteiger partial charge on any atom is 0.472 e. The molecule has 0 spiro atoms. The number of allylic oxidation sites excluding steroid dienone is 20. The van der Waals surface area contributed by atoms with E-state index in [0.29, 0.717) is 6.42 Å². The Kier molecular flexibility index (Phi) is 56.8. The van der Waals surface area contributed by atoms with Crippen LogP contribution in [-0.4, -0.2) is 49.3 Å². The summed E-state index contributed by atoms with van der Waals surface area (Å²) in [4.78, 5) is 35.2. The minimum atomic E-state index is -4.40. The number of unbranched alkanes of at least 4 members (excludes halogenated alkanes) is 22. The molecule has 0 rings (SSSR count). The molecule has 75 heavy (non-hydrogen) atoms. The number of carbonyl (C=O) groups is 2. The summed E-state index contributed by atoms with van der Waals surface area (Å²) in [5, 5.41) is 0. The monoisotopic (exact) mass is 1060 g/mol. The summed E-state index contributed by atoms with van der Waals surface area (Å²) in [7, 11) is -4.40. The molecule has 10 heteroatoms. The van der Waals surface area contributed by atoms with Gasteiger partial charge in [0.2, 0.25) is 0 Å². The Morgan fingerprint density at radius 1 is 0.413 bits per heavy atom. The van der Waals surface area contributed by atoms with Crippen LogP contribution in [0.4, 0.5) is 0 Å². The molecule has 0 bridgehead atoms. The van der Waals surface area contributed by atoms with E-state index in [0.717, 1.165) is 109 Å². The van der Waals surface area contributed by atoms with Crippen molar-refractivity contribution in [3.8, 4) is 0 Å². The Morgan fingerprint density at radius 3 is 1.09 bits per heavy atom. The van der Waals surface area contributed by atoms with E-state index < -0.39 is 26.5 Å². The van der Waals surface area contributed by atoms with Crippen LogP contribution >= 0.6 is 7.82 Å². The molecule has 2 unspecified atom stereocenters. The van der Waals surface area contributed by atoms with E-state index in [9.17, 15) is 19.0 Å².